The maximum absolute atomic E-state index is 4.21. The van der Waals surface area contributed by atoms with Gasteiger partial charge in [-0.25, -0.2) is 0 Å². The summed E-state index contributed by atoms with van der Waals surface area (Å²) in [5.74, 6) is 0. The van der Waals surface area contributed by atoms with Crippen molar-refractivity contribution in [2.45, 2.75) is 13.8 Å². The normalized spacial score (nSPS) is 10.4. The fraction of sp³-hybridized carbons (Fsp3) is 0.154. The SMILES string of the molecule is C=C(C)c1cncc2cc(C)ccc12. The van der Waals surface area contributed by atoms with Crippen LogP contribution in [0.15, 0.2) is 37.2 Å². The molecule has 0 saturated carbocycles. The van der Waals surface area contributed by atoms with E-state index in [1.165, 1.54) is 16.3 Å². The van der Waals surface area contributed by atoms with Crippen LogP contribution in [0.3, 0.4) is 0 Å². The highest BCUT2D eigenvalue weighted by Gasteiger charge is 2.01. The Hall–Kier alpha value is -1.63. The van der Waals surface area contributed by atoms with Crippen LogP contribution in [0.2, 0.25) is 0 Å². The number of pyridine rings is 1. The first-order valence-corrected chi connectivity index (χ1v) is 4.69. The average Bonchev–Trinajstić information content (AvgIpc) is 2.16. The van der Waals surface area contributed by atoms with Gasteiger partial charge in [-0.3, -0.25) is 4.98 Å². The van der Waals surface area contributed by atoms with E-state index in [1.807, 2.05) is 19.3 Å². The van der Waals surface area contributed by atoms with Crippen molar-refractivity contribution in [3.63, 3.8) is 0 Å². The molecular formula is C13H13N. The van der Waals surface area contributed by atoms with Gasteiger partial charge in [0, 0.05) is 23.3 Å². The topological polar surface area (TPSA) is 12.9 Å². The molecule has 0 aliphatic heterocycles. The Kier molecular flexibility index (Phi) is 2.08. The first-order chi connectivity index (χ1) is 6.68. The molecule has 0 radical (unpaired) electrons. The predicted molar refractivity (Wildman–Crippen MR) is 61.2 cm³/mol. The summed E-state index contributed by atoms with van der Waals surface area (Å²) in [4.78, 5) is 4.21. The molecule has 0 fully saturated rings. The van der Waals surface area contributed by atoms with Crippen molar-refractivity contribution < 1.29 is 0 Å². The lowest BCUT2D eigenvalue weighted by Gasteiger charge is -2.05. The zero-order valence-corrected chi connectivity index (χ0v) is 8.54. The van der Waals surface area contributed by atoms with E-state index in [0.717, 1.165) is 11.1 Å². The number of hydrogen-bond donors (Lipinski definition) is 0. The summed E-state index contributed by atoms with van der Waals surface area (Å²) in [5.41, 5.74) is 3.47. The van der Waals surface area contributed by atoms with Gasteiger partial charge in [0.1, 0.15) is 0 Å². The molecule has 0 amide bonds. The van der Waals surface area contributed by atoms with Crippen molar-refractivity contribution in [2.75, 3.05) is 0 Å². The van der Waals surface area contributed by atoms with Crippen LogP contribution in [0.1, 0.15) is 18.1 Å². The fourth-order valence-corrected chi connectivity index (χ4v) is 1.64. The minimum Gasteiger partial charge on any atom is -0.263 e. The van der Waals surface area contributed by atoms with Gasteiger partial charge in [0.2, 0.25) is 0 Å². The third-order valence-corrected chi connectivity index (χ3v) is 2.37. The van der Waals surface area contributed by atoms with Gasteiger partial charge in [-0.2, -0.15) is 0 Å². The van der Waals surface area contributed by atoms with Crippen LogP contribution in [-0.2, 0) is 0 Å². The number of fused-ring (bicyclic) bond motifs is 1. The lowest BCUT2D eigenvalue weighted by molar-refractivity contribution is 1.34. The number of hydrogen-bond acceptors (Lipinski definition) is 1. The van der Waals surface area contributed by atoms with E-state index in [-0.39, 0.29) is 0 Å². The molecule has 1 heterocycles. The monoisotopic (exact) mass is 183 g/mol. The molecule has 0 unspecified atom stereocenters. The van der Waals surface area contributed by atoms with Crippen molar-refractivity contribution in [2.24, 2.45) is 0 Å². The largest absolute Gasteiger partial charge is 0.263 e. The number of aromatic nitrogens is 1. The van der Waals surface area contributed by atoms with Crippen molar-refractivity contribution in [1.82, 2.24) is 4.98 Å². The molecule has 0 spiro atoms. The van der Waals surface area contributed by atoms with E-state index < -0.39 is 0 Å². The second-order valence-corrected chi connectivity index (χ2v) is 3.69. The summed E-state index contributed by atoms with van der Waals surface area (Å²) in [7, 11) is 0. The van der Waals surface area contributed by atoms with E-state index in [0.29, 0.717) is 0 Å². The van der Waals surface area contributed by atoms with Gasteiger partial charge in [0.25, 0.3) is 0 Å². The van der Waals surface area contributed by atoms with Crippen LogP contribution in [0, 0.1) is 6.92 Å². The second kappa shape index (κ2) is 3.26. The van der Waals surface area contributed by atoms with Gasteiger partial charge in [0.05, 0.1) is 0 Å². The zero-order chi connectivity index (χ0) is 10.1. The van der Waals surface area contributed by atoms with Crippen LogP contribution >= 0.6 is 0 Å². The van der Waals surface area contributed by atoms with E-state index in [1.54, 1.807) is 0 Å². The molecule has 1 heteroatoms. The first-order valence-electron chi connectivity index (χ1n) is 4.69. The molecule has 1 aromatic heterocycles. The number of rotatable bonds is 1. The Morgan fingerprint density at radius 2 is 2.07 bits per heavy atom. The molecule has 2 aromatic rings. The fourth-order valence-electron chi connectivity index (χ4n) is 1.64. The summed E-state index contributed by atoms with van der Waals surface area (Å²) >= 11 is 0. The van der Waals surface area contributed by atoms with Gasteiger partial charge >= 0.3 is 0 Å². The highest BCUT2D eigenvalue weighted by Crippen LogP contribution is 2.23. The molecule has 0 aliphatic rings. The lowest BCUT2D eigenvalue weighted by Crippen LogP contribution is -1.85. The molecule has 0 aliphatic carbocycles. The Morgan fingerprint density at radius 3 is 2.79 bits per heavy atom. The molecule has 0 atom stereocenters. The predicted octanol–water partition coefficient (Wildman–Crippen LogP) is 3.58. The van der Waals surface area contributed by atoms with E-state index >= 15 is 0 Å². The number of nitrogens with zero attached hydrogens (tertiary/aromatic N) is 1. The molecular weight excluding hydrogens is 170 g/mol. The minimum atomic E-state index is 1.06. The number of aryl methyl sites for hydroxylation is 1. The maximum atomic E-state index is 4.21. The van der Waals surface area contributed by atoms with E-state index in [9.17, 15) is 0 Å². The highest BCUT2D eigenvalue weighted by molar-refractivity contribution is 5.92. The van der Waals surface area contributed by atoms with Crippen LogP contribution < -0.4 is 0 Å². The molecule has 70 valence electrons. The summed E-state index contributed by atoms with van der Waals surface area (Å²) < 4.78 is 0. The van der Waals surface area contributed by atoms with Crippen molar-refractivity contribution in [3.8, 4) is 0 Å². The van der Waals surface area contributed by atoms with Crippen molar-refractivity contribution in [3.05, 3.63) is 48.3 Å². The third kappa shape index (κ3) is 1.41. The summed E-state index contributed by atoms with van der Waals surface area (Å²) in [5, 5.41) is 2.42. The van der Waals surface area contributed by atoms with Gasteiger partial charge in [-0.15, -0.1) is 0 Å². The smallest absolute Gasteiger partial charge is 0.0349 e. The molecule has 14 heavy (non-hydrogen) atoms. The number of allylic oxidation sites excluding steroid dienone is 1. The minimum absolute atomic E-state index is 1.06. The average molecular weight is 183 g/mol. The molecule has 1 nitrogen and oxygen atoms in total. The Morgan fingerprint density at radius 1 is 1.29 bits per heavy atom. The van der Waals surface area contributed by atoms with Crippen LogP contribution in [-0.4, -0.2) is 4.98 Å². The van der Waals surface area contributed by atoms with Crippen molar-refractivity contribution in [1.29, 1.82) is 0 Å². The van der Waals surface area contributed by atoms with Crippen LogP contribution in [0.25, 0.3) is 16.3 Å². The quantitative estimate of drug-likeness (QED) is 0.658. The van der Waals surface area contributed by atoms with Gasteiger partial charge in [0.15, 0.2) is 0 Å². The standard InChI is InChI=1S/C13H13N/c1-9(2)13-8-14-7-11-6-10(3)4-5-12(11)13/h4-8H,1H2,2-3H3. The molecule has 1 aromatic carbocycles. The third-order valence-electron chi connectivity index (χ3n) is 2.37. The first kappa shape index (κ1) is 8.95. The molecule has 2 rings (SSSR count). The number of benzene rings is 1. The zero-order valence-electron chi connectivity index (χ0n) is 8.54. The summed E-state index contributed by atoms with van der Waals surface area (Å²) in [6, 6.07) is 6.40. The van der Waals surface area contributed by atoms with Gasteiger partial charge in [-0.05, 0) is 30.9 Å². The van der Waals surface area contributed by atoms with Gasteiger partial charge in [-0.1, -0.05) is 24.3 Å². The molecule has 0 saturated heterocycles. The highest BCUT2D eigenvalue weighted by atomic mass is 14.6. The lowest BCUT2D eigenvalue weighted by atomic mass is 10.0. The van der Waals surface area contributed by atoms with E-state index in [4.69, 9.17) is 0 Å². The van der Waals surface area contributed by atoms with Crippen LogP contribution in [0.4, 0.5) is 0 Å². The molecule has 0 N–H and O–H groups in total. The van der Waals surface area contributed by atoms with E-state index in [2.05, 4.69) is 36.7 Å². The van der Waals surface area contributed by atoms with Crippen molar-refractivity contribution >= 4 is 16.3 Å². The summed E-state index contributed by atoms with van der Waals surface area (Å²) in [6.45, 7) is 8.06. The Balaban J connectivity index is 2.81. The Labute approximate surface area is 84.1 Å². The Bertz CT molecular complexity index is 498. The van der Waals surface area contributed by atoms with Gasteiger partial charge < -0.3 is 0 Å². The van der Waals surface area contributed by atoms with Crippen LogP contribution in [0.5, 0.6) is 0 Å². The summed E-state index contributed by atoms with van der Waals surface area (Å²) in [6.07, 6.45) is 3.77. The molecule has 0 bridgehead atoms. The second-order valence-electron chi connectivity index (χ2n) is 3.69. The maximum Gasteiger partial charge on any atom is 0.0349 e.